The molecule has 0 spiro atoms. The summed E-state index contributed by atoms with van der Waals surface area (Å²) >= 11 is 1.73. The molecule has 0 aliphatic heterocycles. The Kier molecular flexibility index (Phi) is 3.72. The van der Waals surface area contributed by atoms with E-state index < -0.39 is 0 Å². The van der Waals surface area contributed by atoms with Crippen molar-refractivity contribution >= 4 is 44.0 Å². The van der Waals surface area contributed by atoms with Gasteiger partial charge in [-0.05, 0) is 44.7 Å². The van der Waals surface area contributed by atoms with Crippen LogP contribution in [0.2, 0.25) is 0 Å². The Morgan fingerprint density at radius 3 is 2.85 bits per heavy atom. The van der Waals surface area contributed by atoms with Gasteiger partial charge >= 0.3 is 0 Å². The Balaban J connectivity index is 1.68. The van der Waals surface area contributed by atoms with Gasteiger partial charge in [0.15, 0.2) is 11.5 Å². The highest BCUT2D eigenvalue weighted by molar-refractivity contribution is 7.19. The van der Waals surface area contributed by atoms with Crippen LogP contribution >= 0.6 is 11.3 Å². The Hall–Kier alpha value is -2.80. The van der Waals surface area contributed by atoms with Crippen LogP contribution in [-0.2, 0) is 12.8 Å². The lowest BCUT2D eigenvalue weighted by molar-refractivity contribution is 0.407. The van der Waals surface area contributed by atoms with Crippen LogP contribution in [0, 0.1) is 0 Å². The first-order chi connectivity index (χ1) is 13.1. The van der Waals surface area contributed by atoms with Crippen molar-refractivity contribution in [1.29, 1.82) is 0 Å². The molecule has 0 saturated carbocycles. The van der Waals surface area contributed by atoms with Crippen molar-refractivity contribution in [2.75, 3.05) is 0 Å². The number of azo groups is 1. The molecule has 7 heteroatoms. The van der Waals surface area contributed by atoms with E-state index in [9.17, 15) is 5.11 Å². The van der Waals surface area contributed by atoms with Gasteiger partial charge in [-0.2, -0.15) is 0 Å². The number of fused-ring (bicyclic) bond motifs is 4. The molecule has 136 valence electrons. The second-order valence-electron chi connectivity index (χ2n) is 7.09. The van der Waals surface area contributed by atoms with Gasteiger partial charge in [0.25, 0.3) is 0 Å². The van der Waals surface area contributed by atoms with Crippen LogP contribution in [0.15, 0.2) is 40.8 Å². The van der Waals surface area contributed by atoms with Crippen molar-refractivity contribution in [3.8, 4) is 5.88 Å². The molecule has 0 unspecified atom stereocenters. The minimum absolute atomic E-state index is 0.116. The highest BCUT2D eigenvalue weighted by Gasteiger charge is 2.22. The fraction of sp³-hybridized carbons (Fsp3) is 0.300. The number of aromatic nitrogens is 3. The average molecular weight is 377 g/mol. The van der Waals surface area contributed by atoms with Crippen molar-refractivity contribution in [1.82, 2.24) is 14.5 Å². The van der Waals surface area contributed by atoms with Crippen LogP contribution < -0.4 is 0 Å². The van der Waals surface area contributed by atoms with Crippen molar-refractivity contribution < 1.29 is 5.11 Å². The second kappa shape index (κ2) is 6.13. The van der Waals surface area contributed by atoms with E-state index in [0.717, 1.165) is 34.0 Å². The minimum Gasteiger partial charge on any atom is -0.493 e. The summed E-state index contributed by atoms with van der Waals surface area (Å²) < 4.78 is 1.88. The van der Waals surface area contributed by atoms with Gasteiger partial charge in [0.1, 0.15) is 11.2 Å². The topological polar surface area (TPSA) is 75.7 Å². The van der Waals surface area contributed by atoms with E-state index in [0.29, 0.717) is 11.5 Å². The third-order valence-corrected chi connectivity index (χ3v) is 6.30. The Morgan fingerprint density at radius 1 is 1.15 bits per heavy atom. The molecule has 3 aromatic heterocycles. The SMILES string of the molecule is CC(C)n1c(O)c(N=Nc2ncnc3sc4c(c23)CCC4)c2ccccc21. The normalized spacial score (nSPS) is 14.2. The molecule has 3 heterocycles. The van der Waals surface area contributed by atoms with Crippen LogP contribution in [0.25, 0.3) is 21.1 Å². The lowest BCUT2D eigenvalue weighted by Crippen LogP contribution is -1.98. The van der Waals surface area contributed by atoms with Crippen LogP contribution in [0.5, 0.6) is 5.88 Å². The number of hydrogen-bond acceptors (Lipinski definition) is 6. The summed E-state index contributed by atoms with van der Waals surface area (Å²) in [6.45, 7) is 4.07. The number of para-hydroxylation sites is 1. The molecule has 1 aliphatic carbocycles. The number of benzene rings is 1. The Labute approximate surface area is 160 Å². The quantitative estimate of drug-likeness (QED) is 0.456. The summed E-state index contributed by atoms with van der Waals surface area (Å²) in [5, 5.41) is 21.5. The molecule has 27 heavy (non-hydrogen) atoms. The van der Waals surface area contributed by atoms with Crippen molar-refractivity contribution in [2.45, 2.75) is 39.2 Å². The maximum absolute atomic E-state index is 10.8. The summed E-state index contributed by atoms with van der Waals surface area (Å²) in [7, 11) is 0. The zero-order valence-electron chi connectivity index (χ0n) is 15.2. The third kappa shape index (κ3) is 2.45. The molecule has 1 N–H and O–H groups in total. The molecular weight excluding hydrogens is 358 g/mol. The summed E-state index contributed by atoms with van der Waals surface area (Å²) in [6.07, 6.45) is 4.86. The molecule has 1 aliphatic rings. The number of nitrogens with zero attached hydrogens (tertiary/aromatic N) is 5. The van der Waals surface area contributed by atoms with Crippen LogP contribution in [-0.4, -0.2) is 19.6 Å². The van der Waals surface area contributed by atoms with E-state index >= 15 is 0 Å². The van der Waals surface area contributed by atoms with Gasteiger partial charge in [-0.1, -0.05) is 18.2 Å². The standard InChI is InChI=1S/C20H19N5OS/c1-11(2)25-14-8-4-3-6-12(14)17(20(25)26)23-24-18-16-13-7-5-9-15(13)27-19(16)22-10-21-18/h3-4,6,8,10-11,26H,5,7,9H2,1-2H3. The van der Waals surface area contributed by atoms with Crippen LogP contribution in [0.1, 0.15) is 36.8 Å². The fourth-order valence-corrected chi connectivity index (χ4v) is 5.16. The highest BCUT2D eigenvalue weighted by Crippen LogP contribution is 2.43. The molecule has 5 rings (SSSR count). The maximum Gasteiger partial charge on any atom is 0.221 e. The molecular formula is C20H19N5OS. The number of thiophene rings is 1. The van der Waals surface area contributed by atoms with Gasteiger partial charge < -0.3 is 9.67 Å². The van der Waals surface area contributed by atoms with Crippen LogP contribution in [0.3, 0.4) is 0 Å². The maximum atomic E-state index is 10.8. The Bertz CT molecular complexity index is 1200. The van der Waals surface area contributed by atoms with Crippen molar-refractivity contribution in [3.63, 3.8) is 0 Å². The Morgan fingerprint density at radius 2 is 2.00 bits per heavy atom. The lowest BCUT2D eigenvalue weighted by atomic mass is 10.2. The third-order valence-electron chi connectivity index (χ3n) is 5.10. The number of hydrogen-bond donors (Lipinski definition) is 1. The monoisotopic (exact) mass is 377 g/mol. The van der Waals surface area contributed by atoms with Gasteiger partial charge in [0.2, 0.25) is 5.88 Å². The smallest absolute Gasteiger partial charge is 0.221 e. The number of aryl methyl sites for hydroxylation is 2. The van der Waals surface area contributed by atoms with Crippen molar-refractivity contribution in [3.05, 3.63) is 41.0 Å². The van der Waals surface area contributed by atoms with Gasteiger partial charge in [0.05, 0.1) is 10.9 Å². The molecule has 0 saturated heterocycles. The molecule has 0 radical (unpaired) electrons. The van der Waals surface area contributed by atoms with E-state index in [1.807, 2.05) is 42.7 Å². The van der Waals surface area contributed by atoms with Gasteiger partial charge in [-0.3, -0.25) is 0 Å². The molecule has 4 aromatic rings. The summed E-state index contributed by atoms with van der Waals surface area (Å²) in [5.41, 5.74) is 2.75. The van der Waals surface area contributed by atoms with E-state index in [1.165, 1.54) is 16.9 Å². The molecule has 0 bridgehead atoms. The first kappa shape index (κ1) is 16.4. The molecule has 0 amide bonds. The number of aromatic hydroxyl groups is 1. The lowest BCUT2D eigenvalue weighted by Gasteiger charge is -2.10. The van der Waals surface area contributed by atoms with Gasteiger partial charge in [-0.15, -0.1) is 21.6 Å². The zero-order chi connectivity index (χ0) is 18.5. The molecule has 0 atom stereocenters. The predicted octanol–water partition coefficient (Wildman–Crippen LogP) is 5.84. The van der Waals surface area contributed by atoms with E-state index in [2.05, 4.69) is 20.2 Å². The summed E-state index contributed by atoms with van der Waals surface area (Å²) in [5.74, 6) is 0.718. The first-order valence-electron chi connectivity index (χ1n) is 9.14. The summed E-state index contributed by atoms with van der Waals surface area (Å²) in [4.78, 5) is 11.1. The van der Waals surface area contributed by atoms with E-state index in [-0.39, 0.29) is 11.9 Å². The highest BCUT2D eigenvalue weighted by atomic mass is 32.1. The number of rotatable bonds is 3. The first-order valence-corrected chi connectivity index (χ1v) is 9.95. The van der Waals surface area contributed by atoms with Gasteiger partial charge in [-0.25, -0.2) is 9.97 Å². The predicted molar refractivity (Wildman–Crippen MR) is 108 cm³/mol. The van der Waals surface area contributed by atoms with Gasteiger partial charge in [0, 0.05) is 16.3 Å². The molecule has 0 fully saturated rings. The molecule has 1 aromatic carbocycles. The van der Waals surface area contributed by atoms with Crippen molar-refractivity contribution in [2.24, 2.45) is 10.2 Å². The van der Waals surface area contributed by atoms with Crippen LogP contribution in [0.4, 0.5) is 11.5 Å². The summed E-state index contributed by atoms with van der Waals surface area (Å²) in [6, 6.07) is 7.97. The largest absolute Gasteiger partial charge is 0.493 e. The van der Waals surface area contributed by atoms with E-state index in [4.69, 9.17) is 0 Å². The second-order valence-corrected chi connectivity index (χ2v) is 8.17. The minimum atomic E-state index is 0.116. The fourth-order valence-electron chi connectivity index (χ4n) is 3.94. The van der Waals surface area contributed by atoms with E-state index in [1.54, 1.807) is 17.7 Å². The zero-order valence-corrected chi connectivity index (χ0v) is 16.0. The molecule has 6 nitrogen and oxygen atoms in total. The average Bonchev–Trinajstić information content (AvgIpc) is 3.30.